The van der Waals surface area contributed by atoms with Crippen molar-refractivity contribution in [2.24, 2.45) is 11.8 Å². The number of benzene rings is 2. The van der Waals surface area contributed by atoms with Crippen molar-refractivity contribution < 1.29 is 19.4 Å². The Kier molecular flexibility index (Phi) is 12.4. The van der Waals surface area contributed by atoms with Crippen molar-refractivity contribution in [1.29, 1.82) is 0 Å². The molecule has 0 atom stereocenters. The Morgan fingerprint density at radius 3 is 2.18 bits per heavy atom. The van der Waals surface area contributed by atoms with Crippen LogP contribution in [0.1, 0.15) is 84.4 Å². The normalized spacial score (nSPS) is 14.8. The molecule has 44 heavy (non-hydrogen) atoms. The second kappa shape index (κ2) is 16.0. The molecule has 1 aromatic heterocycles. The number of likely N-dealkylation sites (tertiary alicyclic amines) is 1. The standard InChI is InChI=1S/C34H48F3N5OS.H2/c1-25(2)16-22-41(23-17-26(3)4)32(43)27-10-15-30-31(24-27)42(21-9-20-40-18-7-5-6-8-19-40)33(39-30)38-28-11-13-29(14-12-28)44-34(35,36)37;/h10-15,24-26H,5-9,16-23H2,1-4H3,(H,38,39);1H. The van der Waals surface area contributed by atoms with E-state index < -0.39 is 5.51 Å². The summed E-state index contributed by atoms with van der Waals surface area (Å²) in [6, 6.07) is 12.0. The number of thioether (sulfide) groups is 1. The predicted molar refractivity (Wildman–Crippen MR) is 178 cm³/mol. The highest BCUT2D eigenvalue weighted by molar-refractivity contribution is 8.00. The Labute approximate surface area is 266 Å². The molecule has 3 aromatic rings. The van der Waals surface area contributed by atoms with Gasteiger partial charge in [-0.3, -0.25) is 4.79 Å². The van der Waals surface area contributed by atoms with E-state index in [0.29, 0.717) is 35.6 Å². The lowest BCUT2D eigenvalue weighted by atomic mass is 10.1. The number of nitrogens with zero attached hydrogens (tertiary/aromatic N) is 4. The number of hydrogen-bond acceptors (Lipinski definition) is 5. The number of aromatic nitrogens is 2. The lowest BCUT2D eigenvalue weighted by Crippen LogP contribution is -2.34. The fraction of sp³-hybridized carbons (Fsp3) is 0.588. The smallest absolute Gasteiger partial charge is 0.339 e. The zero-order chi connectivity index (χ0) is 31.7. The molecule has 0 saturated carbocycles. The highest BCUT2D eigenvalue weighted by Gasteiger charge is 2.29. The molecule has 1 amide bonds. The number of carbonyl (C=O) groups is 1. The first-order chi connectivity index (χ1) is 21.0. The molecule has 1 aliphatic heterocycles. The van der Waals surface area contributed by atoms with E-state index in [1.807, 2.05) is 23.1 Å². The number of halogens is 3. The molecule has 1 aliphatic rings. The third-order valence-electron chi connectivity index (χ3n) is 8.13. The fourth-order valence-electron chi connectivity index (χ4n) is 5.58. The van der Waals surface area contributed by atoms with Crippen LogP contribution in [0.25, 0.3) is 11.0 Å². The van der Waals surface area contributed by atoms with Gasteiger partial charge in [-0.1, -0.05) is 40.5 Å². The molecule has 2 aromatic carbocycles. The van der Waals surface area contributed by atoms with E-state index in [-0.39, 0.29) is 24.0 Å². The van der Waals surface area contributed by atoms with E-state index in [1.165, 1.54) is 37.8 Å². The summed E-state index contributed by atoms with van der Waals surface area (Å²) in [5.74, 6) is 1.67. The molecule has 244 valence electrons. The third-order valence-corrected chi connectivity index (χ3v) is 8.87. The Hall–Kier alpha value is -2.72. The number of hydrogen-bond donors (Lipinski definition) is 1. The summed E-state index contributed by atoms with van der Waals surface area (Å²) >= 11 is -0.124. The van der Waals surface area contributed by atoms with Gasteiger partial charge in [-0.05, 0) is 118 Å². The fourth-order valence-corrected chi connectivity index (χ4v) is 6.12. The number of carbonyl (C=O) groups excluding carboxylic acids is 1. The first-order valence-electron chi connectivity index (χ1n) is 16.1. The molecule has 1 saturated heterocycles. The van der Waals surface area contributed by atoms with E-state index in [2.05, 4.69) is 42.5 Å². The molecular formula is C34H50F3N5OS. The number of rotatable bonds is 14. The highest BCUT2D eigenvalue weighted by Crippen LogP contribution is 2.37. The summed E-state index contributed by atoms with van der Waals surface area (Å²) in [6.07, 6.45) is 7.88. The number of alkyl halides is 3. The average Bonchev–Trinajstić information content (AvgIpc) is 3.10. The minimum Gasteiger partial charge on any atom is -0.339 e. The number of imidazole rings is 1. The molecule has 0 spiro atoms. The molecule has 0 bridgehead atoms. The lowest BCUT2D eigenvalue weighted by molar-refractivity contribution is -0.0328. The van der Waals surface area contributed by atoms with Gasteiger partial charge in [-0.2, -0.15) is 13.2 Å². The van der Waals surface area contributed by atoms with Crippen LogP contribution in [0.3, 0.4) is 0 Å². The van der Waals surface area contributed by atoms with E-state index in [9.17, 15) is 18.0 Å². The zero-order valence-corrected chi connectivity index (χ0v) is 27.4. The summed E-state index contributed by atoms with van der Waals surface area (Å²) in [4.78, 5) is 23.3. The van der Waals surface area contributed by atoms with Crippen LogP contribution in [-0.4, -0.2) is 63.5 Å². The van der Waals surface area contributed by atoms with Crippen LogP contribution in [0.4, 0.5) is 24.8 Å². The Morgan fingerprint density at radius 1 is 0.955 bits per heavy atom. The first-order valence-corrected chi connectivity index (χ1v) is 16.9. The van der Waals surface area contributed by atoms with Crippen molar-refractivity contribution in [3.05, 3.63) is 48.0 Å². The summed E-state index contributed by atoms with van der Waals surface area (Å²) in [5, 5.41) is 3.34. The predicted octanol–water partition coefficient (Wildman–Crippen LogP) is 9.44. The molecular weight excluding hydrogens is 583 g/mol. The van der Waals surface area contributed by atoms with E-state index in [0.717, 1.165) is 63.0 Å². The first kappa shape index (κ1) is 34.2. The van der Waals surface area contributed by atoms with Crippen LogP contribution >= 0.6 is 11.8 Å². The number of nitrogens with one attached hydrogen (secondary N) is 1. The van der Waals surface area contributed by atoms with E-state index >= 15 is 0 Å². The van der Waals surface area contributed by atoms with E-state index in [1.54, 1.807) is 12.1 Å². The van der Waals surface area contributed by atoms with Gasteiger partial charge in [0.15, 0.2) is 0 Å². The van der Waals surface area contributed by atoms with Gasteiger partial charge in [0.2, 0.25) is 5.95 Å². The van der Waals surface area contributed by atoms with Crippen LogP contribution in [-0.2, 0) is 6.54 Å². The van der Waals surface area contributed by atoms with Crippen LogP contribution in [0.2, 0.25) is 0 Å². The van der Waals surface area contributed by atoms with Crippen molar-refractivity contribution in [3.63, 3.8) is 0 Å². The van der Waals surface area contributed by atoms with Gasteiger partial charge in [0.1, 0.15) is 0 Å². The molecule has 0 radical (unpaired) electrons. The summed E-state index contributed by atoms with van der Waals surface area (Å²) in [6.45, 7) is 14.1. The Bertz CT molecular complexity index is 1330. The van der Waals surface area contributed by atoms with Gasteiger partial charge in [0.05, 0.1) is 11.0 Å². The van der Waals surface area contributed by atoms with Gasteiger partial charge in [-0.25, -0.2) is 4.98 Å². The molecule has 0 unspecified atom stereocenters. The number of aryl methyl sites for hydroxylation is 1. The number of fused-ring (bicyclic) bond motifs is 1. The van der Waals surface area contributed by atoms with Crippen molar-refractivity contribution in [1.82, 2.24) is 19.4 Å². The topological polar surface area (TPSA) is 53.4 Å². The Morgan fingerprint density at radius 2 is 1.59 bits per heavy atom. The SMILES string of the molecule is CC(C)CCN(CCC(C)C)C(=O)c1ccc2nc(Nc3ccc(SC(F)(F)F)cc3)n(CCCN3CCCCCC3)c2c1.[HH]. The quantitative estimate of drug-likeness (QED) is 0.179. The van der Waals surface area contributed by atoms with E-state index in [4.69, 9.17) is 4.98 Å². The monoisotopic (exact) mass is 633 g/mol. The molecule has 4 rings (SSSR count). The van der Waals surface area contributed by atoms with Crippen LogP contribution in [0.5, 0.6) is 0 Å². The number of anilines is 2. The van der Waals surface area contributed by atoms with Crippen molar-refractivity contribution >= 4 is 40.3 Å². The van der Waals surface area contributed by atoms with Crippen molar-refractivity contribution in [2.45, 2.75) is 89.6 Å². The molecule has 1 N–H and O–H groups in total. The van der Waals surface area contributed by atoms with Gasteiger partial charge < -0.3 is 19.7 Å². The van der Waals surface area contributed by atoms with Crippen LogP contribution in [0.15, 0.2) is 47.4 Å². The van der Waals surface area contributed by atoms with Crippen molar-refractivity contribution in [3.8, 4) is 0 Å². The van der Waals surface area contributed by atoms with Gasteiger partial charge in [-0.15, -0.1) is 0 Å². The molecule has 6 nitrogen and oxygen atoms in total. The molecule has 2 heterocycles. The Balaban J connectivity index is 0.00000552. The van der Waals surface area contributed by atoms with Crippen molar-refractivity contribution in [2.75, 3.05) is 38.0 Å². The summed E-state index contributed by atoms with van der Waals surface area (Å²) < 4.78 is 40.6. The molecule has 10 heteroatoms. The third kappa shape index (κ3) is 10.4. The largest absolute Gasteiger partial charge is 0.446 e. The van der Waals surface area contributed by atoms with Crippen LogP contribution < -0.4 is 5.32 Å². The van der Waals surface area contributed by atoms with Gasteiger partial charge >= 0.3 is 5.51 Å². The minimum atomic E-state index is -4.33. The minimum absolute atomic E-state index is 0. The molecule has 0 aliphatic carbocycles. The maximum absolute atomic E-state index is 13.8. The maximum atomic E-state index is 13.8. The van der Waals surface area contributed by atoms with Gasteiger partial charge in [0.25, 0.3) is 5.91 Å². The average molecular weight is 634 g/mol. The summed E-state index contributed by atoms with van der Waals surface area (Å²) in [7, 11) is 0. The molecule has 1 fully saturated rings. The zero-order valence-electron chi connectivity index (χ0n) is 26.6. The van der Waals surface area contributed by atoms with Gasteiger partial charge in [0, 0.05) is 37.2 Å². The van der Waals surface area contributed by atoms with Crippen LogP contribution in [0, 0.1) is 11.8 Å². The number of amides is 1. The maximum Gasteiger partial charge on any atom is 0.446 e. The highest BCUT2D eigenvalue weighted by atomic mass is 32.2. The summed E-state index contributed by atoms with van der Waals surface area (Å²) in [5.41, 5.74) is -1.36. The lowest BCUT2D eigenvalue weighted by Gasteiger charge is -2.25. The second-order valence-electron chi connectivity index (χ2n) is 12.8. The second-order valence-corrected chi connectivity index (χ2v) is 13.9.